The highest BCUT2D eigenvalue weighted by atomic mass is 32.2. The van der Waals surface area contributed by atoms with E-state index < -0.39 is 10.8 Å². The molecule has 2 atom stereocenters. The third-order valence-corrected chi connectivity index (χ3v) is 4.21. The summed E-state index contributed by atoms with van der Waals surface area (Å²) in [5, 5.41) is 6.27. The van der Waals surface area contributed by atoms with Crippen LogP contribution in [0.1, 0.15) is 32.6 Å². The van der Waals surface area contributed by atoms with Crippen molar-refractivity contribution >= 4 is 16.7 Å². The van der Waals surface area contributed by atoms with Crippen molar-refractivity contribution in [1.82, 2.24) is 10.6 Å². The third-order valence-electron chi connectivity index (χ3n) is 3.35. The minimum absolute atomic E-state index is 0.172. The largest absolute Gasteiger partial charge is 0.356 e. The Morgan fingerprint density at radius 3 is 2.82 bits per heavy atom. The van der Waals surface area contributed by atoms with Gasteiger partial charge >= 0.3 is 0 Å². The van der Waals surface area contributed by atoms with Crippen LogP contribution in [-0.2, 0) is 15.6 Å². The molecule has 17 heavy (non-hydrogen) atoms. The molecular weight excluding hydrogens is 236 g/mol. The number of nitrogens with one attached hydrogen (secondary N) is 2. The van der Waals surface area contributed by atoms with Crippen molar-refractivity contribution in [3.05, 3.63) is 0 Å². The molecule has 0 aromatic carbocycles. The maximum Gasteiger partial charge on any atom is 0.227 e. The summed E-state index contributed by atoms with van der Waals surface area (Å²) in [5.74, 6) is 0.838. The van der Waals surface area contributed by atoms with Crippen molar-refractivity contribution in [1.29, 1.82) is 0 Å². The molecule has 1 fully saturated rings. The fourth-order valence-corrected chi connectivity index (χ4v) is 2.96. The molecule has 2 unspecified atom stereocenters. The van der Waals surface area contributed by atoms with E-state index >= 15 is 0 Å². The van der Waals surface area contributed by atoms with Crippen LogP contribution >= 0.6 is 0 Å². The van der Waals surface area contributed by atoms with Crippen LogP contribution in [0.3, 0.4) is 0 Å². The molecule has 0 radical (unpaired) electrons. The van der Waals surface area contributed by atoms with E-state index in [-0.39, 0.29) is 11.3 Å². The minimum Gasteiger partial charge on any atom is -0.356 e. The van der Waals surface area contributed by atoms with Gasteiger partial charge in [0.15, 0.2) is 0 Å². The molecule has 0 saturated carbocycles. The summed E-state index contributed by atoms with van der Waals surface area (Å²) in [4.78, 5) is 12.2. The molecule has 0 bridgehead atoms. The maximum absolute atomic E-state index is 12.2. The summed E-state index contributed by atoms with van der Waals surface area (Å²) < 4.78 is 10.9. The van der Waals surface area contributed by atoms with Crippen molar-refractivity contribution in [2.24, 2.45) is 5.41 Å². The highest BCUT2D eigenvalue weighted by molar-refractivity contribution is 7.84. The monoisotopic (exact) mass is 260 g/mol. The highest BCUT2D eigenvalue weighted by Crippen LogP contribution is 2.31. The first-order valence-electron chi connectivity index (χ1n) is 6.40. The summed E-state index contributed by atoms with van der Waals surface area (Å²) in [7, 11) is -0.760. The van der Waals surface area contributed by atoms with Crippen LogP contribution in [0.2, 0.25) is 0 Å². The van der Waals surface area contributed by atoms with Gasteiger partial charge in [0.2, 0.25) is 5.91 Å². The second kappa shape index (κ2) is 7.11. The topological polar surface area (TPSA) is 58.2 Å². The van der Waals surface area contributed by atoms with E-state index in [9.17, 15) is 9.00 Å². The first kappa shape index (κ1) is 14.6. The normalized spacial score (nSPS) is 25.8. The van der Waals surface area contributed by atoms with Gasteiger partial charge in [-0.25, -0.2) is 0 Å². The Morgan fingerprint density at radius 1 is 1.53 bits per heavy atom. The van der Waals surface area contributed by atoms with Crippen LogP contribution in [0, 0.1) is 5.41 Å². The molecule has 0 spiro atoms. The molecule has 0 aromatic rings. The van der Waals surface area contributed by atoms with E-state index in [1.807, 2.05) is 0 Å². The summed E-state index contributed by atoms with van der Waals surface area (Å²) in [6, 6.07) is 0. The molecule has 1 amide bonds. The van der Waals surface area contributed by atoms with Crippen LogP contribution < -0.4 is 10.6 Å². The Morgan fingerprint density at radius 2 is 2.29 bits per heavy atom. The van der Waals surface area contributed by atoms with E-state index in [4.69, 9.17) is 0 Å². The molecule has 0 aliphatic carbocycles. The van der Waals surface area contributed by atoms with Gasteiger partial charge in [0.1, 0.15) is 0 Å². The average molecular weight is 260 g/mol. The number of carbonyl (C=O) groups excluding carboxylic acids is 1. The van der Waals surface area contributed by atoms with Crippen LogP contribution in [-0.4, -0.2) is 41.8 Å². The van der Waals surface area contributed by atoms with Gasteiger partial charge in [0.25, 0.3) is 0 Å². The lowest BCUT2D eigenvalue weighted by atomic mass is 9.81. The zero-order valence-corrected chi connectivity index (χ0v) is 11.7. The Labute approximate surface area is 106 Å². The summed E-state index contributed by atoms with van der Waals surface area (Å²) in [6.07, 6.45) is 5.41. The molecule has 1 saturated heterocycles. The van der Waals surface area contributed by atoms with Gasteiger partial charge in [-0.1, -0.05) is 13.3 Å². The molecule has 100 valence electrons. The van der Waals surface area contributed by atoms with Gasteiger partial charge in [-0.2, -0.15) is 0 Å². The Bertz CT molecular complexity index is 276. The molecule has 0 aromatic heterocycles. The Balaban J connectivity index is 2.35. The third kappa shape index (κ3) is 4.39. The summed E-state index contributed by atoms with van der Waals surface area (Å²) >= 11 is 0. The highest BCUT2D eigenvalue weighted by Gasteiger charge is 2.39. The molecule has 1 aliphatic rings. The average Bonchev–Trinajstić information content (AvgIpc) is 2.74. The number of amides is 1. The quantitative estimate of drug-likeness (QED) is 0.661. The molecule has 2 N–H and O–H groups in total. The van der Waals surface area contributed by atoms with Crippen LogP contribution in [0.5, 0.6) is 0 Å². The van der Waals surface area contributed by atoms with Crippen molar-refractivity contribution in [2.45, 2.75) is 32.6 Å². The number of carbonyl (C=O) groups is 1. The second-order valence-corrected chi connectivity index (χ2v) is 6.40. The zero-order chi connectivity index (χ0) is 12.7. The van der Waals surface area contributed by atoms with Gasteiger partial charge in [-0.05, 0) is 25.8 Å². The predicted molar refractivity (Wildman–Crippen MR) is 71.4 cm³/mol. The minimum atomic E-state index is -0.760. The first-order valence-corrected chi connectivity index (χ1v) is 8.12. The van der Waals surface area contributed by atoms with Crippen molar-refractivity contribution in [2.75, 3.05) is 31.6 Å². The van der Waals surface area contributed by atoms with Gasteiger partial charge in [-0.15, -0.1) is 0 Å². The summed E-state index contributed by atoms with van der Waals surface area (Å²) in [5.41, 5.74) is -0.194. The van der Waals surface area contributed by atoms with E-state index in [2.05, 4.69) is 17.6 Å². The van der Waals surface area contributed by atoms with E-state index in [0.29, 0.717) is 12.3 Å². The van der Waals surface area contributed by atoms with Crippen molar-refractivity contribution in [3.63, 3.8) is 0 Å². The van der Waals surface area contributed by atoms with Crippen molar-refractivity contribution in [3.8, 4) is 0 Å². The smallest absolute Gasteiger partial charge is 0.227 e. The molecule has 5 heteroatoms. The Kier molecular flexibility index (Phi) is 6.12. The van der Waals surface area contributed by atoms with Gasteiger partial charge < -0.3 is 10.6 Å². The standard InChI is InChI=1S/C12H24N2O2S/c1-3-5-12(6-8-13-10-12)11(15)14-7-4-9-17(2)16/h13H,3-10H2,1-2H3,(H,14,15). The van der Waals surface area contributed by atoms with Gasteiger partial charge in [0.05, 0.1) is 5.41 Å². The van der Waals surface area contributed by atoms with Crippen molar-refractivity contribution < 1.29 is 9.00 Å². The molecule has 4 nitrogen and oxygen atoms in total. The van der Waals surface area contributed by atoms with Gasteiger partial charge in [-0.3, -0.25) is 9.00 Å². The number of rotatable bonds is 7. The lowest BCUT2D eigenvalue weighted by Crippen LogP contribution is -2.43. The van der Waals surface area contributed by atoms with E-state index in [1.54, 1.807) is 6.26 Å². The molecule has 1 aliphatic heterocycles. The molecular formula is C12H24N2O2S. The van der Waals surface area contributed by atoms with Crippen LogP contribution in [0.15, 0.2) is 0 Å². The maximum atomic E-state index is 12.2. The Hall–Kier alpha value is -0.420. The zero-order valence-electron chi connectivity index (χ0n) is 10.9. The fraction of sp³-hybridized carbons (Fsp3) is 0.917. The van der Waals surface area contributed by atoms with Gasteiger partial charge in [0, 0.05) is 35.9 Å². The second-order valence-electron chi connectivity index (χ2n) is 4.84. The fourth-order valence-electron chi connectivity index (χ4n) is 2.41. The first-order chi connectivity index (χ1) is 8.10. The number of hydrogen-bond donors (Lipinski definition) is 2. The predicted octanol–water partition coefficient (Wildman–Crippen LogP) is 0.651. The molecule has 1 rings (SSSR count). The van der Waals surface area contributed by atoms with E-state index in [0.717, 1.165) is 38.8 Å². The van der Waals surface area contributed by atoms with Crippen LogP contribution in [0.4, 0.5) is 0 Å². The summed E-state index contributed by atoms with van der Waals surface area (Å²) in [6.45, 7) is 4.50. The lowest BCUT2D eigenvalue weighted by molar-refractivity contribution is -0.130. The molecule has 1 heterocycles. The van der Waals surface area contributed by atoms with E-state index in [1.165, 1.54) is 0 Å². The number of hydrogen-bond acceptors (Lipinski definition) is 3. The SMILES string of the molecule is CCCC1(C(=O)NCCCS(C)=O)CCNC1. The van der Waals surface area contributed by atoms with Crippen LogP contribution in [0.25, 0.3) is 0 Å². The lowest BCUT2D eigenvalue weighted by Gasteiger charge is -2.26.